The summed E-state index contributed by atoms with van der Waals surface area (Å²) in [5.41, 5.74) is 0. The van der Waals surface area contributed by atoms with Crippen LogP contribution in [0.25, 0.3) is 0 Å². The molecule has 0 aromatic carbocycles. The molecule has 1 fully saturated rings. The van der Waals surface area contributed by atoms with Crippen LogP contribution in [0.5, 0.6) is 0 Å². The van der Waals surface area contributed by atoms with E-state index in [0.29, 0.717) is 12.1 Å². The second-order valence-corrected chi connectivity index (χ2v) is 2.45. The van der Waals surface area contributed by atoms with Crippen molar-refractivity contribution in [1.82, 2.24) is 16.0 Å². The molecule has 3 heteroatoms. The monoisotopic (exact) mass is 129 g/mol. The second-order valence-electron chi connectivity index (χ2n) is 2.45. The molecule has 2 atom stereocenters. The number of hydrogen-bond donors (Lipinski definition) is 3. The highest BCUT2D eigenvalue weighted by Crippen LogP contribution is 1.96. The Morgan fingerprint density at radius 1 is 1.11 bits per heavy atom. The Morgan fingerprint density at radius 2 is 1.56 bits per heavy atom. The van der Waals surface area contributed by atoms with Gasteiger partial charge in [-0.2, -0.15) is 0 Å². The minimum Gasteiger partial charge on any atom is -0.314 e. The van der Waals surface area contributed by atoms with Gasteiger partial charge in [0.15, 0.2) is 0 Å². The van der Waals surface area contributed by atoms with Crippen molar-refractivity contribution in [3.8, 4) is 0 Å². The molecular weight excluding hydrogens is 114 g/mol. The third-order valence-corrected chi connectivity index (χ3v) is 1.96. The molecule has 0 aromatic heterocycles. The van der Waals surface area contributed by atoms with E-state index in [-0.39, 0.29) is 0 Å². The predicted molar refractivity (Wildman–Crippen MR) is 38.6 cm³/mol. The Bertz CT molecular complexity index is 74.4. The van der Waals surface area contributed by atoms with Gasteiger partial charge < -0.3 is 16.0 Å². The van der Waals surface area contributed by atoms with Gasteiger partial charge in [0.05, 0.1) is 0 Å². The number of hydrogen-bond acceptors (Lipinski definition) is 3. The van der Waals surface area contributed by atoms with Gasteiger partial charge in [-0.1, -0.05) is 0 Å². The van der Waals surface area contributed by atoms with Crippen molar-refractivity contribution in [2.24, 2.45) is 0 Å². The predicted octanol–water partition coefficient (Wildman–Crippen LogP) is -1.23. The van der Waals surface area contributed by atoms with Gasteiger partial charge in [0.25, 0.3) is 0 Å². The van der Waals surface area contributed by atoms with Crippen LogP contribution in [0.3, 0.4) is 0 Å². The second kappa shape index (κ2) is 3.15. The normalized spacial score (nSPS) is 35.3. The fourth-order valence-electron chi connectivity index (χ4n) is 1.29. The van der Waals surface area contributed by atoms with Crippen LogP contribution < -0.4 is 16.0 Å². The summed E-state index contributed by atoms with van der Waals surface area (Å²) >= 11 is 0. The number of nitrogens with one attached hydrogen (secondary N) is 3. The van der Waals surface area contributed by atoms with Crippen LogP contribution in [-0.2, 0) is 0 Å². The summed E-state index contributed by atoms with van der Waals surface area (Å²) in [6.07, 6.45) is 0. The number of rotatable bonds is 2. The summed E-state index contributed by atoms with van der Waals surface area (Å²) in [7, 11) is 4.00. The summed E-state index contributed by atoms with van der Waals surface area (Å²) in [4.78, 5) is 0. The zero-order valence-corrected chi connectivity index (χ0v) is 6.07. The van der Waals surface area contributed by atoms with Crippen molar-refractivity contribution < 1.29 is 0 Å². The third kappa shape index (κ3) is 1.41. The van der Waals surface area contributed by atoms with Gasteiger partial charge in [0.2, 0.25) is 0 Å². The van der Waals surface area contributed by atoms with Crippen LogP contribution in [-0.4, -0.2) is 39.3 Å². The first-order valence-corrected chi connectivity index (χ1v) is 3.43. The van der Waals surface area contributed by atoms with Gasteiger partial charge in [-0.05, 0) is 14.1 Å². The maximum absolute atomic E-state index is 3.30. The van der Waals surface area contributed by atoms with Crippen molar-refractivity contribution in [3.05, 3.63) is 0 Å². The minimum atomic E-state index is 0.606. The molecule has 0 radical (unpaired) electrons. The van der Waals surface area contributed by atoms with Crippen LogP contribution in [0.4, 0.5) is 0 Å². The molecule has 1 saturated heterocycles. The molecule has 9 heavy (non-hydrogen) atoms. The lowest BCUT2D eigenvalue weighted by Crippen LogP contribution is -2.43. The Labute approximate surface area is 56.2 Å². The fraction of sp³-hybridized carbons (Fsp3) is 1.00. The SMILES string of the molecule is CN[C@@H]1CNC[C@H]1NC. The molecule has 1 heterocycles. The zero-order chi connectivity index (χ0) is 6.69. The lowest BCUT2D eigenvalue weighted by molar-refractivity contribution is 0.488. The summed E-state index contributed by atoms with van der Waals surface area (Å²) in [5.74, 6) is 0. The molecule has 1 rings (SSSR count). The smallest absolute Gasteiger partial charge is 0.0356 e. The molecule has 0 aromatic rings. The van der Waals surface area contributed by atoms with E-state index in [9.17, 15) is 0 Å². The van der Waals surface area contributed by atoms with E-state index in [2.05, 4.69) is 16.0 Å². The summed E-state index contributed by atoms with van der Waals surface area (Å²) in [6, 6.07) is 1.21. The first-order valence-electron chi connectivity index (χ1n) is 3.43. The first kappa shape index (κ1) is 6.99. The molecule has 0 amide bonds. The van der Waals surface area contributed by atoms with Gasteiger partial charge in [-0.15, -0.1) is 0 Å². The summed E-state index contributed by atoms with van der Waals surface area (Å²) in [6.45, 7) is 2.17. The highest BCUT2D eigenvalue weighted by atomic mass is 15.1. The molecule has 1 aliphatic rings. The molecule has 3 nitrogen and oxygen atoms in total. The minimum absolute atomic E-state index is 0.606. The fourth-order valence-corrected chi connectivity index (χ4v) is 1.29. The van der Waals surface area contributed by atoms with Crippen molar-refractivity contribution in [3.63, 3.8) is 0 Å². The maximum Gasteiger partial charge on any atom is 0.0356 e. The molecule has 3 N–H and O–H groups in total. The van der Waals surface area contributed by atoms with Crippen LogP contribution in [0.1, 0.15) is 0 Å². The molecule has 1 aliphatic heterocycles. The van der Waals surface area contributed by atoms with E-state index in [1.54, 1.807) is 0 Å². The largest absolute Gasteiger partial charge is 0.314 e. The van der Waals surface area contributed by atoms with E-state index in [1.807, 2.05) is 14.1 Å². The highest BCUT2D eigenvalue weighted by Gasteiger charge is 2.22. The molecule has 0 spiro atoms. The molecule has 54 valence electrons. The van der Waals surface area contributed by atoms with Crippen LogP contribution in [0.2, 0.25) is 0 Å². The average molecular weight is 129 g/mol. The van der Waals surface area contributed by atoms with E-state index in [4.69, 9.17) is 0 Å². The maximum atomic E-state index is 3.30. The van der Waals surface area contributed by atoms with Crippen LogP contribution in [0.15, 0.2) is 0 Å². The van der Waals surface area contributed by atoms with Crippen molar-refractivity contribution in [1.29, 1.82) is 0 Å². The standard InChI is InChI=1S/C6H15N3/c1-7-5-3-9-4-6(5)8-2/h5-9H,3-4H2,1-2H3/t5-,6-/m1/s1. The molecule has 0 unspecified atom stereocenters. The van der Waals surface area contributed by atoms with Gasteiger partial charge in [-0.3, -0.25) is 0 Å². The summed E-state index contributed by atoms with van der Waals surface area (Å²) < 4.78 is 0. The van der Waals surface area contributed by atoms with Gasteiger partial charge >= 0.3 is 0 Å². The zero-order valence-electron chi connectivity index (χ0n) is 6.07. The van der Waals surface area contributed by atoms with Gasteiger partial charge in [0.1, 0.15) is 0 Å². The average Bonchev–Trinajstić information content (AvgIpc) is 2.33. The quantitative estimate of drug-likeness (QED) is 0.437. The third-order valence-electron chi connectivity index (χ3n) is 1.96. The Hall–Kier alpha value is -0.120. The summed E-state index contributed by atoms with van der Waals surface area (Å²) in [5, 5.41) is 9.78. The van der Waals surface area contributed by atoms with Gasteiger partial charge in [0, 0.05) is 25.2 Å². The molecule has 0 aliphatic carbocycles. The lowest BCUT2D eigenvalue weighted by Gasteiger charge is -2.15. The van der Waals surface area contributed by atoms with Crippen molar-refractivity contribution >= 4 is 0 Å². The van der Waals surface area contributed by atoms with E-state index < -0.39 is 0 Å². The Kier molecular flexibility index (Phi) is 2.45. The molecule has 0 saturated carbocycles. The highest BCUT2D eigenvalue weighted by molar-refractivity contribution is 4.89. The lowest BCUT2D eigenvalue weighted by atomic mass is 10.2. The Morgan fingerprint density at radius 3 is 1.89 bits per heavy atom. The van der Waals surface area contributed by atoms with Crippen LogP contribution in [0, 0.1) is 0 Å². The molecular formula is C6H15N3. The van der Waals surface area contributed by atoms with E-state index in [1.165, 1.54) is 0 Å². The number of likely N-dealkylation sites (N-methyl/N-ethyl adjacent to an activating group) is 2. The molecule has 0 bridgehead atoms. The van der Waals surface area contributed by atoms with Crippen molar-refractivity contribution in [2.45, 2.75) is 12.1 Å². The van der Waals surface area contributed by atoms with E-state index in [0.717, 1.165) is 13.1 Å². The van der Waals surface area contributed by atoms with Crippen LogP contribution >= 0.6 is 0 Å². The van der Waals surface area contributed by atoms with Gasteiger partial charge in [-0.25, -0.2) is 0 Å². The topological polar surface area (TPSA) is 36.1 Å². The van der Waals surface area contributed by atoms with Crippen molar-refractivity contribution in [2.75, 3.05) is 27.2 Å². The van der Waals surface area contributed by atoms with E-state index >= 15 is 0 Å². The first-order chi connectivity index (χ1) is 4.38. The Balaban J connectivity index is 2.32.